The Morgan fingerprint density at radius 1 is 0.970 bits per heavy atom. The Morgan fingerprint density at radius 2 is 1.67 bits per heavy atom. The number of anilines is 1. The fraction of sp³-hybridized carbons (Fsp3) is 0.174. The van der Waals surface area contributed by atoms with Crippen LogP contribution in [0.1, 0.15) is 0 Å². The van der Waals surface area contributed by atoms with Gasteiger partial charge in [-0.05, 0) is 42.5 Å². The third kappa shape index (κ3) is 6.31. The molecule has 0 bridgehead atoms. The van der Waals surface area contributed by atoms with E-state index in [9.17, 15) is 13.2 Å². The second-order valence-corrected chi connectivity index (χ2v) is 9.48. The lowest BCUT2D eigenvalue weighted by Gasteiger charge is -2.25. The maximum absolute atomic E-state index is 13.4. The van der Waals surface area contributed by atoms with Crippen molar-refractivity contribution in [3.63, 3.8) is 0 Å². The lowest BCUT2D eigenvalue weighted by molar-refractivity contribution is -0.119. The van der Waals surface area contributed by atoms with Crippen molar-refractivity contribution in [1.29, 1.82) is 0 Å². The maximum Gasteiger partial charge on any atom is 0.264 e. The molecule has 1 amide bonds. The molecule has 0 fully saturated rings. The van der Waals surface area contributed by atoms with Crippen LogP contribution in [-0.2, 0) is 14.8 Å². The molecule has 174 valence electrons. The van der Waals surface area contributed by atoms with Gasteiger partial charge >= 0.3 is 0 Å². The quantitative estimate of drug-likeness (QED) is 0.410. The molecule has 0 unspecified atom stereocenters. The summed E-state index contributed by atoms with van der Waals surface area (Å²) < 4.78 is 38.7. The predicted molar refractivity (Wildman–Crippen MR) is 129 cm³/mol. The molecule has 0 heterocycles. The predicted octanol–water partition coefficient (Wildman–Crippen LogP) is 4.39. The van der Waals surface area contributed by atoms with Gasteiger partial charge in [-0.1, -0.05) is 53.5 Å². The molecule has 1 N–H and O–H groups in total. The van der Waals surface area contributed by atoms with Gasteiger partial charge in [0.1, 0.15) is 24.7 Å². The van der Waals surface area contributed by atoms with Crippen molar-refractivity contribution in [3.05, 3.63) is 82.8 Å². The fourth-order valence-corrected chi connectivity index (χ4v) is 4.78. The lowest BCUT2D eigenvalue weighted by atomic mass is 10.3. The SMILES string of the molecule is COc1ccc(Cl)cc1N(CC(=O)NCCOc1ccccc1Cl)S(=O)(=O)c1ccccc1. The third-order valence-corrected chi connectivity index (χ3v) is 6.87. The first-order valence-corrected chi connectivity index (χ1v) is 12.1. The van der Waals surface area contributed by atoms with Gasteiger partial charge in [-0.15, -0.1) is 0 Å². The van der Waals surface area contributed by atoms with E-state index in [2.05, 4.69) is 5.32 Å². The molecule has 0 atom stereocenters. The van der Waals surface area contributed by atoms with Crippen molar-refractivity contribution in [2.24, 2.45) is 0 Å². The summed E-state index contributed by atoms with van der Waals surface area (Å²) in [5, 5.41) is 3.42. The van der Waals surface area contributed by atoms with E-state index in [0.717, 1.165) is 4.31 Å². The van der Waals surface area contributed by atoms with Crippen LogP contribution in [-0.4, -0.2) is 41.1 Å². The number of hydrogen-bond donors (Lipinski definition) is 1. The van der Waals surface area contributed by atoms with Gasteiger partial charge in [0.05, 0.1) is 29.3 Å². The molecule has 0 aromatic heterocycles. The molecule has 0 spiro atoms. The number of sulfonamides is 1. The van der Waals surface area contributed by atoms with Crippen LogP contribution in [0.5, 0.6) is 11.5 Å². The molecular formula is C23H22Cl2N2O5S. The molecule has 10 heteroatoms. The Bertz CT molecular complexity index is 1210. The monoisotopic (exact) mass is 508 g/mol. The first kappa shape index (κ1) is 24.7. The number of halogens is 2. The Balaban J connectivity index is 1.78. The summed E-state index contributed by atoms with van der Waals surface area (Å²) in [5.41, 5.74) is 0.149. The number of methoxy groups -OCH3 is 1. The minimum absolute atomic E-state index is 0.0295. The zero-order chi connectivity index (χ0) is 23.8. The van der Waals surface area contributed by atoms with Crippen molar-refractivity contribution in [2.75, 3.05) is 31.1 Å². The molecule has 3 rings (SSSR count). The minimum Gasteiger partial charge on any atom is -0.495 e. The van der Waals surface area contributed by atoms with Gasteiger partial charge in [-0.25, -0.2) is 8.42 Å². The van der Waals surface area contributed by atoms with Crippen LogP contribution in [0.25, 0.3) is 0 Å². The summed E-state index contributed by atoms with van der Waals surface area (Å²) in [6.07, 6.45) is 0. The van der Waals surface area contributed by atoms with E-state index in [4.69, 9.17) is 32.7 Å². The van der Waals surface area contributed by atoms with Crippen molar-refractivity contribution in [2.45, 2.75) is 4.90 Å². The summed E-state index contributed by atoms with van der Waals surface area (Å²) in [7, 11) is -2.68. The smallest absolute Gasteiger partial charge is 0.264 e. The number of rotatable bonds is 10. The van der Waals surface area contributed by atoms with Crippen LogP contribution in [0.3, 0.4) is 0 Å². The number of benzene rings is 3. The third-order valence-electron chi connectivity index (χ3n) is 4.55. The van der Waals surface area contributed by atoms with E-state index in [-0.39, 0.29) is 29.5 Å². The highest BCUT2D eigenvalue weighted by Gasteiger charge is 2.29. The van der Waals surface area contributed by atoms with E-state index in [1.807, 2.05) is 0 Å². The molecule has 7 nitrogen and oxygen atoms in total. The number of ether oxygens (including phenoxy) is 2. The Hall–Kier alpha value is -2.94. The van der Waals surface area contributed by atoms with Crippen molar-refractivity contribution >= 4 is 44.8 Å². The molecule has 0 aliphatic rings. The molecule has 0 saturated carbocycles. The van der Waals surface area contributed by atoms with Crippen molar-refractivity contribution < 1.29 is 22.7 Å². The zero-order valence-corrected chi connectivity index (χ0v) is 20.0. The number of nitrogens with one attached hydrogen (secondary N) is 1. The van der Waals surface area contributed by atoms with Gasteiger partial charge in [0, 0.05) is 5.02 Å². The largest absolute Gasteiger partial charge is 0.495 e. The lowest BCUT2D eigenvalue weighted by Crippen LogP contribution is -2.42. The van der Waals surface area contributed by atoms with E-state index in [1.54, 1.807) is 54.6 Å². The molecule has 0 saturated heterocycles. The Morgan fingerprint density at radius 3 is 2.36 bits per heavy atom. The number of nitrogens with zero attached hydrogens (tertiary/aromatic N) is 1. The molecular weight excluding hydrogens is 487 g/mol. The van der Waals surface area contributed by atoms with Crippen molar-refractivity contribution in [1.82, 2.24) is 5.32 Å². The highest BCUT2D eigenvalue weighted by Crippen LogP contribution is 2.34. The zero-order valence-electron chi connectivity index (χ0n) is 17.7. The minimum atomic E-state index is -4.09. The summed E-state index contributed by atoms with van der Waals surface area (Å²) in [6.45, 7) is -0.183. The number of para-hydroxylation sites is 1. The summed E-state index contributed by atoms with van der Waals surface area (Å²) >= 11 is 12.2. The molecule has 0 radical (unpaired) electrons. The van der Waals surface area contributed by atoms with Gasteiger partial charge in [-0.2, -0.15) is 0 Å². The van der Waals surface area contributed by atoms with Gasteiger partial charge in [0.25, 0.3) is 10.0 Å². The molecule has 33 heavy (non-hydrogen) atoms. The van der Waals surface area contributed by atoms with E-state index >= 15 is 0 Å². The van der Waals surface area contributed by atoms with Gasteiger partial charge in [0.2, 0.25) is 5.91 Å². The van der Waals surface area contributed by atoms with Crippen LogP contribution in [0, 0.1) is 0 Å². The number of amides is 1. The fourth-order valence-electron chi connectivity index (χ4n) is 2.98. The summed E-state index contributed by atoms with van der Waals surface area (Å²) in [4.78, 5) is 12.7. The average Bonchev–Trinajstić information content (AvgIpc) is 2.82. The number of carbonyl (C=O) groups is 1. The highest BCUT2D eigenvalue weighted by molar-refractivity contribution is 7.92. The van der Waals surface area contributed by atoms with Gasteiger partial charge in [-0.3, -0.25) is 9.10 Å². The van der Waals surface area contributed by atoms with Crippen LogP contribution < -0.4 is 19.1 Å². The number of hydrogen-bond acceptors (Lipinski definition) is 5. The first-order valence-electron chi connectivity index (χ1n) is 9.88. The van der Waals surface area contributed by atoms with E-state index in [1.165, 1.54) is 25.3 Å². The van der Waals surface area contributed by atoms with Crippen LogP contribution in [0.4, 0.5) is 5.69 Å². The summed E-state index contributed by atoms with van der Waals surface area (Å²) in [5.74, 6) is 0.221. The maximum atomic E-state index is 13.4. The molecule has 0 aliphatic heterocycles. The normalized spacial score (nSPS) is 11.0. The van der Waals surface area contributed by atoms with Crippen molar-refractivity contribution in [3.8, 4) is 11.5 Å². The Labute approximate surface area is 202 Å². The summed E-state index contributed by atoms with van der Waals surface area (Å²) in [6, 6.07) is 19.3. The standard InChI is InChI=1S/C23H22Cl2N2O5S/c1-31-22-12-11-17(24)15-20(22)27(33(29,30)18-7-3-2-4-8-18)16-23(28)26-13-14-32-21-10-6-5-9-19(21)25/h2-12,15H,13-14,16H2,1H3,(H,26,28). The second-order valence-electron chi connectivity index (χ2n) is 6.77. The molecule has 0 aliphatic carbocycles. The molecule has 3 aromatic rings. The average molecular weight is 509 g/mol. The van der Waals surface area contributed by atoms with E-state index in [0.29, 0.717) is 15.8 Å². The number of carbonyl (C=O) groups excluding carboxylic acids is 1. The van der Waals surface area contributed by atoms with Crippen LogP contribution in [0.2, 0.25) is 10.0 Å². The van der Waals surface area contributed by atoms with Gasteiger partial charge < -0.3 is 14.8 Å². The van der Waals surface area contributed by atoms with Crippen LogP contribution >= 0.6 is 23.2 Å². The second kappa shape index (κ2) is 11.3. The van der Waals surface area contributed by atoms with Crippen LogP contribution in [0.15, 0.2) is 77.7 Å². The molecule has 3 aromatic carbocycles. The first-order chi connectivity index (χ1) is 15.8. The Kier molecular flexibility index (Phi) is 8.43. The highest BCUT2D eigenvalue weighted by atomic mass is 35.5. The van der Waals surface area contributed by atoms with Gasteiger partial charge in [0.15, 0.2) is 0 Å². The van der Waals surface area contributed by atoms with E-state index < -0.39 is 22.5 Å². The topological polar surface area (TPSA) is 84.9 Å².